The van der Waals surface area contributed by atoms with Crippen LogP contribution in [0.2, 0.25) is 0 Å². The fraction of sp³-hybridized carbons (Fsp3) is 0.238. The van der Waals surface area contributed by atoms with Crippen molar-refractivity contribution in [2.75, 3.05) is 0 Å². The van der Waals surface area contributed by atoms with Gasteiger partial charge in [-0.05, 0) is 24.6 Å². The van der Waals surface area contributed by atoms with Gasteiger partial charge in [-0.3, -0.25) is 9.59 Å². The minimum atomic E-state index is -0.480. The van der Waals surface area contributed by atoms with Crippen LogP contribution in [-0.2, 0) is 20.9 Å². The minimum Gasteiger partial charge on any atom is -0.455 e. The lowest BCUT2D eigenvalue weighted by atomic mass is 10.0. The van der Waals surface area contributed by atoms with Crippen LogP contribution in [0.5, 0.6) is 0 Å². The van der Waals surface area contributed by atoms with Crippen molar-refractivity contribution in [3.8, 4) is 11.4 Å². The minimum absolute atomic E-state index is 0.00470. The normalized spacial score (nSPS) is 11.7. The van der Waals surface area contributed by atoms with Crippen LogP contribution in [0, 0.1) is 6.92 Å². The highest BCUT2D eigenvalue weighted by molar-refractivity contribution is 9.10. The Labute approximate surface area is 176 Å². The maximum Gasteiger partial charge on any atom is 0.308 e. The van der Waals surface area contributed by atoms with Gasteiger partial charge in [0.05, 0.1) is 12.5 Å². The molecule has 0 aliphatic heterocycles. The van der Waals surface area contributed by atoms with Crippen LogP contribution in [-0.4, -0.2) is 22.0 Å². The SMILES string of the molecule is CC(=O)NC(CC(=O)OCc1nc(-c2cccc(Br)c2)no1)c1ccc(C)cc1. The molecule has 7 nitrogen and oxygen atoms in total. The average molecular weight is 458 g/mol. The highest BCUT2D eigenvalue weighted by atomic mass is 79.9. The molecule has 1 unspecified atom stereocenters. The Hall–Kier alpha value is -3.00. The maximum absolute atomic E-state index is 12.3. The van der Waals surface area contributed by atoms with Gasteiger partial charge in [-0.25, -0.2) is 0 Å². The summed E-state index contributed by atoms with van der Waals surface area (Å²) in [5.74, 6) is -0.0988. The van der Waals surface area contributed by atoms with Gasteiger partial charge in [-0.15, -0.1) is 0 Å². The fourth-order valence-electron chi connectivity index (χ4n) is 2.72. The molecule has 0 saturated carbocycles. The largest absolute Gasteiger partial charge is 0.455 e. The number of hydrogen-bond donors (Lipinski definition) is 1. The first kappa shape index (κ1) is 20.7. The molecule has 1 aromatic heterocycles. The van der Waals surface area contributed by atoms with Crippen molar-refractivity contribution in [1.82, 2.24) is 15.5 Å². The Bertz CT molecular complexity index is 1000. The summed E-state index contributed by atoms with van der Waals surface area (Å²) in [5.41, 5.74) is 2.71. The van der Waals surface area contributed by atoms with Crippen LogP contribution >= 0.6 is 15.9 Å². The standard InChI is InChI=1S/C21H20BrN3O4/c1-13-6-8-15(9-7-13)18(23-14(2)26)11-20(27)28-12-19-24-21(25-29-19)16-4-3-5-17(22)10-16/h3-10,18H,11-12H2,1-2H3,(H,23,26). The number of hydrogen-bond acceptors (Lipinski definition) is 6. The van der Waals surface area contributed by atoms with Crippen molar-refractivity contribution in [1.29, 1.82) is 0 Å². The summed E-state index contributed by atoms with van der Waals surface area (Å²) < 4.78 is 11.3. The van der Waals surface area contributed by atoms with E-state index < -0.39 is 12.0 Å². The molecule has 0 aliphatic carbocycles. The molecule has 1 atom stereocenters. The highest BCUT2D eigenvalue weighted by Gasteiger charge is 2.19. The van der Waals surface area contributed by atoms with E-state index in [1.54, 1.807) is 0 Å². The van der Waals surface area contributed by atoms with Crippen LogP contribution in [0.25, 0.3) is 11.4 Å². The lowest BCUT2D eigenvalue weighted by molar-refractivity contribution is -0.146. The first-order valence-corrected chi connectivity index (χ1v) is 9.78. The zero-order chi connectivity index (χ0) is 20.8. The molecule has 1 heterocycles. The van der Waals surface area contributed by atoms with Gasteiger partial charge in [0, 0.05) is 17.0 Å². The number of amides is 1. The third kappa shape index (κ3) is 5.99. The van der Waals surface area contributed by atoms with Crippen LogP contribution in [0.1, 0.15) is 36.4 Å². The summed E-state index contributed by atoms with van der Waals surface area (Å²) in [6.07, 6.45) is -0.00470. The number of esters is 1. The Morgan fingerprint density at radius 1 is 1.21 bits per heavy atom. The lowest BCUT2D eigenvalue weighted by Crippen LogP contribution is -2.28. The lowest BCUT2D eigenvalue weighted by Gasteiger charge is -2.17. The fourth-order valence-corrected chi connectivity index (χ4v) is 3.12. The van der Waals surface area contributed by atoms with Crippen molar-refractivity contribution in [3.05, 3.63) is 70.0 Å². The van der Waals surface area contributed by atoms with Crippen LogP contribution in [0.3, 0.4) is 0 Å². The number of ether oxygens (including phenoxy) is 1. The van der Waals surface area contributed by atoms with Gasteiger partial charge < -0.3 is 14.6 Å². The number of carbonyl (C=O) groups is 2. The molecule has 3 rings (SSSR count). The van der Waals surface area contributed by atoms with E-state index in [9.17, 15) is 9.59 Å². The molecule has 0 fully saturated rings. The second-order valence-corrected chi connectivity index (χ2v) is 7.47. The predicted molar refractivity (Wildman–Crippen MR) is 110 cm³/mol. The summed E-state index contributed by atoms with van der Waals surface area (Å²) in [4.78, 5) is 28.1. The summed E-state index contributed by atoms with van der Waals surface area (Å²) in [6.45, 7) is 3.24. The van der Waals surface area contributed by atoms with E-state index in [0.717, 1.165) is 21.2 Å². The van der Waals surface area contributed by atoms with E-state index in [-0.39, 0.29) is 24.8 Å². The second-order valence-electron chi connectivity index (χ2n) is 6.55. The Kier molecular flexibility index (Phi) is 6.77. The van der Waals surface area contributed by atoms with E-state index in [0.29, 0.717) is 5.82 Å². The molecule has 0 bridgehead atoms. The summed E-state index contributed by atoms with van der Waals surface area (Å²) in [6, 6.07) is 14.6. The molecule has 3 aromatic rings. The molecule has 1 N–H and O–H groups in total. The quantitative estimate of drug-likeness (QED) is 0.536. The van der Waals surface area contributed by atoms with E-state index in [2.05, 4.69) is 31.4 Å². The Morgan fingerprint density at radius 3 is 2.66 bits per heavy atom. The first-order chi connectivity index (χ1) is 13.9. The van der Waals surface area contributed by atoms with Gasteiger partial charge in [-0.1, -0.05) is 63.0 Å². The molecular weight excluding hydrogens is 438 g/mol. The van der Waals surface area contributed by atoms with E-state index in [4.69, 9.17) is 9.26 Å². The van der Waals surface area contributed by atoms with Crippen LogP contribution in [0.15, 0.2) is 57.5 Å². The van der Waals surface area contributed by atoms with Gasteiger partial charge in [-0.2, -0.15) is 4.98 Å². The smallest absolute Gasteiger partial charge is 0.308 e. The Balaban J connectivity index is 1.60. The molecular formula is C21H20BrN3O4. The van der Waals surface area contributed by atoms with Crippen molar-refractivity contribution in [2.45, 2.75) is 32.9 Å². The van der Waals surface area contributed by atoms with E-state index in [1.807, 2.05) is 55.5 Å². The summed E-state index contributed by atoms with van der Waals surface area (Å²) in [7, 11) is 0. The maximum atomic E-state index is 12.3. The number of aryl methyl sites for hydroxylation is 1. The summed E-state index contributed by atoms with van der Waals surface area (Å²) >= 11 is 3.39. The zero-order valence-electron chi connectivity index (χ0n) is 16.0. The molecule has 8 heteroatoms. The zero-order valence-corrected chi connectivity index (χ0v) is 17.6. The topological polar surface area (TPSA) is 94.3 Å². The molecule has 150 valence electrons. The average Bonchev–Trinajstić information content (AvgIpc) is 3.15. The molecule has 0 aliphatic rings. The van der Waals surface area contributed by atoms with Crippen LogP contribution in [0.4, 0.5) is 0 Å². The van der Waals surface area contributed by atoms with Gasteiger partial charge in [0.2, 0.25) is 11.7 Å². The van der Waals surface area contributed by atoms with Gasteiger partial charge in [0.15, 0.2) is 6.61 Å². The van der Waals surface area contributed by atoms with Gasteiger partial charge in [0.25, 0.3) is 5.89 Å². The van der Waals surface area contributed by atoms with Crippen molar-refractivity contribution in [2.24, 2.45) is 0 Å². The molecule has 29 heavy (non-hydrogen) atoms. The predicted octanol–water partition coefficient (Wildman–Crippen LogP) is 4.12. The van der Waals surface area contributed by atoms with Crippen LogP contribution < -0.4 is 5.32 Å². The third-order valence-electron chi connectivity index (χ3n) is 4.14. The second kappa shape index (κ2) is 9.47. The number of aromatic nitrogens is 2. The van der Waals surface area contributed by atoms with Gasteiger partial charge >= 0.3 is 5.97 Å². The highest BCUT2D eigenvalue weighted by Crippen LogP contribution is 2.21. The van der Waals surface area contributed by atoms with Crippen molar-refractivity contribution in [3.63, 3.8) is 0 Å². The molecule has 0 spiro atoms. The number of carbonyl (C=O) groups excluding carboxylic acids is 2. The van der Waals surface area contributed by atoms with Crippen molar-refractivity contribution < 1.29 is 18.8 Å². The van der Waals surface area contributed by atoms with E-state index in [1.165, 1.54) is 6.92 Å². The van der Waals surface area contributed by atoms with Crippen molar-refractivity contribution >= 4 is 27.8 Å². The summed E-state index contributed by atoms with van der Waals surface area (Å²) in [5, 5.41) is 6.69. The molecule has 1 amide bonds. The Morgan fingerprint density at radius 2 is 1.97 bits per heavy atom. The molecule has 2 aromatic carbocycles. The number of nitrogens with one attached hydrogen (secondary N) is 1. The third-order valence-corrected chi connectivity index (χ3v) is 4.63. The first-order valence-electron chi connectivity index (χ1n) is 8.98. The number of rotatable bonds is 7. The van der Waals surface area contributed by atoms with Gasteiger partial charge in [0.1, 0.15) is 0 Å². The number of halogens is 1. The van der Waals surface area contributed by atoms with E-state index >= 15 is 0 Å². The number of benzene rings is 2. The monoisotopic (exact) mass is 457 g/mol. The molecule has 0 saturated heterocycles. The molecule has 0 radical (unpaired) electrons. The number of nitrogens with zero attached hydrogens (tertiary/aromatic N) is 2.